The van der Waals surface area contributed by atoms with E-state index in [1.807, 2.05) is 50.2 Å². The van der Waals surface area contributed by atoms with Gasteiger partial charge in [-0.05, 0) is 49.2 Å². The second kappa shape index (κ2) is 14.4. The maximum Gasteiger partial charge on any atom is 0.205 e. The molecule has 6 nitrogen and oxygen atoms in total. The number of halogens is 2. The van der Waals surface area contributed by atoms with Gasteiger partial charge in [0.1, 0.15) is 5.75 Å². The number of hydrogen-bond donors (Lipinski definition) is 2. The number of benzene rings is 2. The van der Waals surface area contributed by atoms with E-state index in [4.69, 9.17) is 42.1 Å². The van der Waals surface area contributed by atoms with Crippen LogP contribution in [0.2, 0.25) is 10.0 Å². The van der Waals surface area contributed by atoms with Crippen LogP contribution in [-0.2, 0) is 27.4 Å². The van der Waals surface area contributed by atoms with Crippen molar-refractivity contribution in [3.8, 4) is 5.75 Å². The van der Waals surface area contributed by atoms with Gasteiger partial charge < -0.3 is 29.4 Å². The molecule has 1 aliphatic heterocycles. The largest absolute Gasteiger partial charge is 0.463 e. The Bertz CT molecular complexity index is 904. The van der Waals surface area contributed by atoms with Gasteiger partial charge in [-0.15, -0.1) is 0 Å². The smallest absolute Gasteiger partial charge is 0.205 e. The van der Waals surface area contributed by atoms with Gasteiger partial charge in [0.05, 0.1) is 32.5 Å². The lowest BCUT2D eigenvalue weighted by Crippen LogP contribution is -2.35. The van der Waals surface area contributed by atoms with Crippen LogP contribution in [0.15, 0.2) is 36.4 Å². The van der Waals surface area contributed by atoms with Crippen molar-refractivity contribution in [1.29, 1.82) is 0 Å². The van der Waals surface area contributed by atoms with Gasteiger partial charge in [-0.3, -0.25) is 0 Å². The normalized spacial score (nSPS) is 15.5. The maximum absolute atomic E-state index is 10.5. The van der Waals surface area contributed by atoms with E-state index in [9.17, 15) is 5.11 Å². The second-order valence-electron chi connectivity index (χ2n) is 9.16. The molecule has 0 amide bonds. The number of aliphatic hydroxyl groups is 1. The van der Waals surface area contributed by atoms with Gasteiger partial charge >= 0.3 is 0 Å². The highest BCUT2D eigenvalue weighted by Gasteiger charge is 2.27. The van der Waals surface area contributed by atoms with E-state index < -0.39 is 11.9 Å². The van der Waals surface area contributed by atoms with Crippen LogP contribution in [0.25, 0.3) is 0 Å². The highest BCUT2D eigenvalue weighted by molar-refractivity contribution is 6.35. The molecule has 1 heterocycles. The zero-order valence-corrected chi connectivity index (χ0v) is 22.2. The van der Waals surface area contributed by atoms with E-state index in [-0.39, 0.29) is 0 Å². The molecule has 0 spiro atoms. The Morgan fingerprint density at radius 2 is 1.74 bits per heavy atom. The molecule has 0 unspecified atom stereocenters. The lowest BCUT2D eigenvalue weighted by Gasteiger charge is -2.33. The molecule has 2 N–H and O–H groups in total. The standard InChI is InChI=1S/C27H37Cl2NO5/c1-27(2)34-18-21-16-20(10-11-26(21)35-27)25(31)17-30-12-5-3-4-6-13-32-14-15-33-19-22-23(28)8-7-9-24(22)29/h7-11,16,25,30-31H,3-6,12-15,17-19H2,1-2H3/t25-/m1/s1. The fourth-order valence-electron chi connectivity index (χ4n) is 3.79. The van der Waals surface area contributed by atoms with Gasteiger partial charge in [-0.25, -0.2) is 0 Å². The Kier molecular flexibility index (Phi) is 11.6. The minimum atomic E-state index is -0.609. The Hall–Kier alpha value is -1.38. The molecule has 0 saturated carbocycles. The fraction of sp³-hybridized carbons (Fsp3) is 0.556. The van der Waals surface area contributed by atoms with Crippen molar-refractivity contribution < 1.29 is 24.1 Å². The molecule has 194 valence electrons. The third kappa shape index (κ3) is 9.54. The predicted molar refractivity (Wildman–Crippen MR) is 139 cm³/mol. The lowest BCUT2D eigenvalue weighted by molar-refractivity contribution is -0.180. The number of hydrogen-bond acceptors (Lipinski definition) is 6. The first-order chi connectivity index (χ1) is 16.9. The SMILES string of the molecule is CC1(C)OCc2cc([C@H](O)CNCCCCCCOCCOCc3c(Cl)cccc3Cl)ccc2O1. The number of fused-ring (bicyclic) bond motifs is 1. The average molecular weight is 527 g/mol. The molecule has 0 aromatic heterocycles. The zero-order valence-electron chi connectivity index (χ0n) is 20.7. The third-order valence-electron chi connectivity index (χ3n) is 5.81. The van der Waals surface area contributed by atoms with Crippen molar-refractivity contribution >= 4 is 23.2 Å². The van der Waals surface area contributed by atoms with Crippen LogP contribution in [-0.4, -0.2) is 43.8 Å². The Morgan fingerprint density at radius 1 is 1.00 bits per heavy atom. The summed E-state index contributed by atoms with van der Waals surface area (Å²) in [5.41, 5.74) is 2.66. The fourth-order valence-corrected chi connectivity index (χ4v) is 4.30. The van der Waals surface area contributed by atoms with E-state index in [2.05, 4.69) is 5.32 Å². The van der Waals surface area contributed by atoms with Gasteiger partial charge in [0, 0.05) is 48.2 Å². The maximum atomic E-state index is 10.5. The summed E-state index contributed by atoms with van der Waals surface area (Å²) in [6.07, 6.45) is 3.77. The van der Waals surface area contributed by atoms with Gasteiger partial charge in [0.25, 0.3) is 0 Å². The van der Waals surface area contributed by atoms with E-state index in [0.717, 1.165) is 61.3 Å². The van der Waals surface area contributed by atoms with Crippen LogP contribution >= 0.6 is 23.2 Å². The molecule has 0 aliphatic carbocycles. The summed E-state index contributed by atoms with van der Waals surface area (Å²) in [6, 6.07) is 11.2. The molecule has 2 aromatic carbocycles. The number of rotatable bonds is 15. The highest BCUT2D eigenvalue weighted by atomic mass is 35.5. The number of aliphatic hydroxyl groups excluding tert-OH is 1. The summed E-state index contributed by atoms with van der Waals surface area (Å²) < 4.78 is 22.7. The quantitative estimate of drug-likeness (QED) is 0.275. The summed E-state index contributed by atoms with van der Waals surface area (Å²) in [6.45, 7) is 7.86. The Morgan fingerprint density at radius 3 is 2.54 bits per heavy atom. The third-order valence-corrected chi connectivity index (χ3v) is 6.52. The van der Waals surface area contributed by atoms with Crippen LogP contribution in [0.1, 0.15) is 62.3 Å². The van der Waals surface area contributed by atoms with Crippen molar-refractivity contribution in [3.63, 3.8) is 0 Å². The van der Waals surface area contributed by atoms with Crippen LogP contribution in [0.3, 0.4) is 0 Å². The van der Waals surface area contributed by atoms with Gasteiger partial charge in [-0.1, -0.05) is 48.2 Å². The van der Waals surface area contributed by atoms with Crippen LogP contribution in [0, 0.1) is 0 Å². The molecule has 8 heteroatoms. The van der Waals surface area contributed by atoms with Crippen molar-refractivity contribution in [1.82, 2.24) is 5.32 Å². The summed E-state index contributed by atoms with van der Waals surface area (Å²) in [5, 5.41) is 15.1. The van der Waals surface area contributed by atoms with Crippen LogP contribution in [0.4, 0.5) is 0 Å². The molecule has 35 heavy (non-hydrogen) atoms. The number of unbranched alkanes of at least 4 members (excludes halogenated alkanes) is 3. The summed E-state index contributed by atoms with van der Waals surface area (Å²) >= 11 is 12.3. The van der Waals surface area contributed by atoms with Crippen molar-refractivity contribution in [2.75, 3.05) is 32.9 Å². The first-order valence-electron chi connectivity index (χ1n) is 12.3. The molecule has 0 saturated heterocycles. The molecule has 0 fully saturated rings. The molecule has 1 aliphatic rings. The van der Waals surface area contributed by atoms with Crippen molar-refractivity contribution in [2.24, 2.45) is 0 Å². The summed E-state index contributed by atoms with van der Waals surface area (Å²) in [4.78, 5) is 0. The molecular formula is C27H37Cl2NO5. The first kappa shape index (κ1) is 28.2. The van der Waals surface area contributed by atoms with E-state index in [0.29, 0.717) is 43.0 Å². The lowest BCUT2D eigenvalue weighted by atomic mass is 10.0. The molecular weight excluding hydrogens is 489 g/mol. The Balaban J connectivity index is 1.16. The van der Waals surface area contributed by atoms with E-state index >= 15 is 0 Å². The monoisotopic (exact) mass is 525 g/mol. The van der Waals surface area contributed by atoms with Gasteiger partial charge in [0.15, 0.2) is 0 Å². The van der Waals surface area contributed by atoms with Crippen LogP contribution in [0.5, 0.6) is 5.75 Å². The molecule has 0 radical (unpaired) electrons. The molecule has 1 atom stereocenters. The highest BCUT2D eigenvalue weighted by Crippen LogP contribution is 2.32. The molecule has 0 bridgehead atoms. The molecule has 2 aromatic rings. The topological polar surface area (TPSA) is 69.2 Å². The van der Waals surface area contributed by atoms with Crippen LogP contribution < -0.4 is 10.1 Å². The molecule has 3 rings (SSSR count). The predicted octanol–water partition coefficient (Wildman–Crippen LogP) is 6.06. The van der Waals surface area contributed by atoms with E-state index in [1.54, 1.807) is 0 Å². The number of nitrogens with one attached hydrogen (secondary N) is 1. The van der Waals surface area contributed by atoms with Gasteiger partial charge in [0.2, 0.25) is 5.79 Å². The summed E-state index contributed by atoms with van der Waals surface area (Å²) in [7, 11) is 0. The average Bonchev–Trinajstić information content (AvgIpc) is 2.82. The zero-order chi connectivity index (χ0) is 25.1. The van der Waals surface area contributed by atoms with Gasteiger partial charge in [-0.2, -0.15) is 0 Å². The minimum Gasteiger partial charge on any atom is -0.463 e. The number of ether oxygens (including phenoxy) is 4. The second-order valence-corrected chi connectivity index (χ2v) is 9.97. The van der Waals surface area contributed by atoms with Crippen molar-refractivity contribution in [2.45, 2.75) is 64.6 Å². The van der Waals surface area contributed by atoms with E-state index in [1.165, 1.54) is 0 Å². The first-order valence-corrected chi connectivity index (χ1v) is 13.0. The summed E-state index contributed by atoms with van der Waals surface area (Å²) in [5.74, 6) is 0.214. The van der Waals surface area contributed by atoms with Crippen molar-refractivity contribution in [3.05, 3.63) is 63.1 Å². The Labute approximate surface area is 218 Å². The minimum absolute atomic E-state index is 0.386.